The van der Waals surface area contributed by atoms with E-state index in [9.17, 15) is 9.90 Å². The van der Waals surface area contributed by atoms with Crippen molar-refractivity contribution in [2.75, 3.05) is 23.3 Å². The molecule has 0 aliphatic carbocycles. The molecule has 3 N–H and O–H groups in total. The average molecular weight is 456 g/mol. The van der Waals surface area contributed by atoms with Gasteiger partial charge in [-0.3, -0.25) is 9.78 Å². The molecule has 4 aromatic heterocycles. The second kappa shape index (κ2) is 8.11. The van der Waals surface area contributed by atoms with Gasteiger partial charge in [-0.25, -0.2) is 9.97 Å². The molecule has 0 aromatic carbocycles. The molecule has 4 aromatic rings. The summed E-state index contributed by atoms with van der Waals surface area (Å²) < 4.78 is 1.97. The van der Waals surface area contributed by atoms with Crippen LogP contribution in [0, 0.1) is 0 Å². The summed E-state index contributed by atoms with van der Waals surface area (Å²) in [6.45, 7) is 1.96. The van der Waals surface area contributed by atoms with Crippen molar-refractivity contribution in [3.05, 3.63) is 60.2 Å². The van der Waals surface area contributed by atoms with Crippen molar-refractivity contribution < 1.29 is 9.90 Å². The summed E-state index contributed by atoms with van der Waals surface area (Å²) in [5.41, 5.74) is 5.67. The number of pyridine rings is 3. The van der Waals surface area contributed by atoms with Gasteiger partial charge < -0.3 is 25.2 Å². The number of β-amino-alcohol motifs (C(OH)–C–C–N with tert-alkyl or cyclic N) is 1. The third kappa shape index (κ3) is 3.45. The molecule has 1 atom stereocenters. The fraction of sp³-hybridized carbons (Fsp3) is 0.280. The standard InChI is InChI=1S/C25H25N7O2/c1-31-10-7-18-17(6-8-26-24(18)31)23-19-12-29-25(34)22(19)20(13-28-23)30-21-5-4-15(11-27-21)32-9-2-3-16(33)14-32/h4-8,10-11,13,16,33H,2-3,9,12,14H2,1H3,(H,27,30)(H,29,34)/t16-/m1/s1. The second-order valence-electron chi connectivity index (χ2n) is 8.85. The molecule has 0 saturated carbocycles. The number of nitrogens with zero attached hydrogens (tertiary/aromatic N) is 5. The van der Waals surface area contributed by atoms with Gasteiger partial charge >= 0.3 is 0 Å². The van der Waals surface area contributed by atoms with Crippen LogP contribution >= 0.6 is 0 Å². The largest absolute Gasteiger partial charge is 0.391 e. The normalized spacial score (nSPS) is 17.6. The van der Waals surface area contributed by atoms with Crippen LogP contribution in [0.2, 0.25) is 0 Å². The number of carbonyl (C=O) groups excluding carboxylic acids is 1. The molecule has 1 amide bonds. The van der Waals surface area contributed by atoms with Gasteiger partial charge in [-0.1, -0.05) is 0 Å². The zero-order chi connectivity index (χ0) is 23.2. The fourth-order valence-corrected chi connectivity index (χ4v) is 4.91. The third-order valence-corrected chi connectivity index (χ3v) is 6.63. The fourth-order valence-electron chi connectivity index (χ4n) is 4.91. The van der Waals surface area contributed by atoms with Crippen LogP contribution in [-0.2, 0) is 13.6 Å². The van der Waals surface area contributed by atoms with Crippen LogP contribution in [0.3, 0.4) is 0 Å². The van der Waals surface area contributed by atoms with Crippen LogP contribution in [0.25, 0.3) is 22.3 Å². The molecule has 34 heavy (non-hydrogen) atoms. The maximum atomic E-state index is 12.8. The molecular formula is C25H25N7O2. The van der Waals surface area contributed by atoms with Crippen molar-refractivity contribution in [3.63, 3.8) is 0 Å². The highest BCUT2D eigenvalue weighted by Crippen LogP contribution is 2.36. The number of fused-ring (bicyclic) bond motifs is 2. The quantitative estimate of drug-likeness (QED) is 0.434. The van der Waals surface area contributed by atoms with E-state index in [2.05, 4.69) is 25.5 Å². The Labute approximate surface area is 196 Å². The number of anilines is 3. The molecule has 9 heteroatoms. The predicted octanol–water partition coefficient (Wildman–Crippen LogP) is 2.98. The minimum Gasteiger partial charge on any atom is -0.391 e. The van der Waals surface area contributed by atoms with E-state index in [1.54, 1.807) is 18.6 Å². The number of hydrogen-bond donors (Lipinski definition) is 3. The Morgan fingerprint density at radius 1 is 1.15 bits per heavy atom. The Hall–Kier alpha value is -3.98. The van der Waals surface area contributed by atoms with Crippen LogP contribution in [0.15, 0.2) is 49.1 Å². The first-order valence-electron chi connectivity index (χ1n) is 11.4. The number of amides is 1. The molecular weight excluding hydrogens is 430 g/mol. The topological polar surface area (TPSA) is 108 Å². The number of rotatable bonds is 4. The van der Waals surface area contributed by atoms with Crippen molar-refractivity contribution in [3.8, 4) is 11.3 Å². The number of nitrogens with one attached hydrogen (secondary N) is 2. The molecule has 2 aliphatic heterocycles. The average Bonchev–Trinajstić information content (AvgIpc) is 3.43. The summed E-state index contributed by atoms with van der Waals surface area (Å²) in [4.78, 5) is 28.7. The minimum atomic E-state index is -0.297. The van der Waals surface area contributed by atoms with E-state index in [0.717, 1.165) is 52.9 Å². The van der Waals surface area contributed by atoms with Crippen LogP contribution < -0.4 is 15.5 Å². The van der Waals surface area contributed by atoms with Crippen LogP contribution in [0.1, 0.15) is 28.8 Å². The monoisotopic (exact) mass is 455 g/mol. The lowest BCUT2D eigenvalue weighted by Crippen LogP contribution is -2.38. The van der Waals surface area contributed by atoms with Gasteiger partial charge in [0.05, 0.1) is 41.1 Å². The first kappa shape index (κ1) is 20.6. The van der Waals surface area contributed by atoms with Crippen LogP contribution in [-0.4, -0.2) is 49.7 Å². The molecule has 0 unspecified atom stereocenters. The molecule has 1 fully saturated rings. The SMILES string of the molecule is Cn1ccc2c(-c3ncc(Nc4ccc(N5CCC[C@@H](O)C5)cn4)c4c3CNC4=O)ccnc21. The van der Waals surface area contributed by atoms with Crippen molar-refractivity contribution >= 4 is 34.1 Å². The number of carbonyl (C=O) groups is 1. The predicted molar refractivity (Wildman–Crippen MR) is 130 cm³/mol. The van der Waals surface area contributed by atoms with Gasteiger partial charge in [0.15, 0.2) is 0 Å². The van der Waals surface area contributed by atoms with Gasteiger partial charge in [0.25, 0.3) is 5.91 Å². The minimum absolute atomic E-state index is 0.126. The summed E-state index contributed by atoms with van der Waals surface area (Å²) in [6, 6.07) is 7.84. The Morgan fingerprint density at radius 3 is 2.88 bits per heavy atom. The second-order valence-corrected chi connectivity index (χ2v) is 8.85. The van der Waals surface area contributed by atoms with Gasteiger partial charge in [0.2, 0.25) is 0 Å². The molecule has 0 bridgehead atoms. The number of piperidine rings is 1. The maximum absolute atomic E-state index is 12.8. The van der Waals surface area contributed by atoms with Crippen molar-refractivity contribution in [1.82, 2.24) is 24.8 Å². The lowest BCUT2D eigenvalue weighted by atomic mass is 10.0. The summed E-state index contributed by atoms with van der Waals surface area (Å²) in [5.74, 6) is 0.505. The molecule has 6 rings (SSSR count). The first-order chi connectivity index (χ1) is 16.6. The van der Waals surface area contributed by atoms with E-state index in [0.29, 0.717) is 30.2 Å². The lowest BCUT2D eigenvalue weighted by Gasteiger charge is -2.31. The van der Waals surface area contributed by atoms with E-state index in [4.69, 9.17) is 4.98 Å². The Morgan fingerprint density at radius 2 is 2.06 bits per heavy atom. The van der Waals surface area contributed by atoms with E-state index >= 15 is 0 Å². The molecule has 0 radical (unpaired) electrons. The van der Waals surface area contributed by atoms with Crippen LogP contribution in [0.5, 0.6) is 0 Å². The number of aromatic nitrogens is 4. The summed E-state index contributed by atoms with van der Waals surface area (Å²) in [7, 11) is 1.96. The highest BCUT2D eigenvalue weighted by atomic mass is 16.3. The summed E-state index contributed by atoms with van der Waals surface area (Å²) >= 11 is 0. The van der Waals surface area contributed by atoms with Gasteiger partial charge in [-0.15, -0.1) is 0 Å². The third-order valence-electron chi connectivity index (χ3n) is 6.63. The van der Waals surface area contributed by atoms with Gasteiger partial charge in [-0.2, -0.15) is 0 Å². The molecule has 1 saturated heterocycles. The number of aryl methyl sites for hydroxylation is 1. The smallest absolute Gasteiger partial charge is 0.254 e. The number of hydrogen-bond acceptors (Lipinski definition) is 7. The highest BCUT2D eigenvalue weighted by molar-refractivity contribution is 6.06. The van der Waals surface area contributed by atoms with E-state index in [1.807, 2.05) is 42.1 Å². The first-order valence-corrected chi connectivity index (χ1v) is 11.4. The summed E-state index contributed by atoms with van der Waals surface area (Å²) in [6.07, 6.45) is 8.75. The van der Waals surface area contributed by atoms with Crippen molar-refractivity contribution in [2.24, 2.45) is 7.05 Å². The van der Waals surface area contributed by atoms with E-state index in [1.165, 1.54) is 0 Å². The molecule has 0 spiro atoms. The molecule has 2 aliphatic rings. The highest BCUT2D eigenvalue weighted by Gasteiger charge is 2.28. The van der Waals surface area contributed by atoms with Gasteiger partial charge in [0, 0.05) is 55.6 Å². The number of aliphatic hydroxyl groups excluding tert-OH is 1. The zero-order valence-electron chi connectivity index (χ0n) is 18.8. The Kier molecular flexibility index (Phi) is 4.91. The van der Waals surface area contributed by atoms with Crippen molar-refractivity contribution in [2.45, 2.75) is 25.5 Å². The lowest BCUT2D eigenvalue weighted by molar-refractivity contribution is 0.0966. The number of aliphatic hydroxyl groups is 1. The molecule has 9 nitrogen and oxygen atoms in total. The van der Waals surface area contributed by atoms with Gasteiger partial charge in [0.1, 0.15) is 11.5 Å². The van der Waals surface area contributed by atoms with Crippen LogP contribution in [0.4, 0.5) is 17.2 Å². The molecule has 6 heterocycles. The van der Waals surface area contributed by atoms with Gasteiger partial charge in [-0.05, 0) is 37.1 Å². The van der Waals surface area contributed by atoms with Crippen molar-refractivity contribution in [1.29, 1.82) is 0 Å². The maximum Gasteiger partial charge on any atom is 0.254 e. The van der Waals surface area contributed by atoms with E-state index in [-0.39, 0.29) is 12.0 Å². The zero-order valence-corrected chi connectivity index (χ0v) is 18.8. The summed E-state index contributed by atoms with van der Waals surface area (Å²) in [5, 5.41) is 17.2. The Balaban J connectivity index is 1.33. The Bertz CT molecular complexity index is 1400. The van der Waals surface area contributed by atoms with E-state index < -0.39 is 0 Å². The molecule has 172 valence electrons.